The van der Waals surface area contributed by atoms with Crippen LogP contribution in [-0.2, 0) is 6.61 Å². The molecule has 3 nitrogen and oxygen atoms in total. The number of nitriles is 1. The first-order valence-corrected chi connectivity index (χ1v) is 6.87. The zero-order chi connectivity index (χ0) is 15.4. The molecule has 0 unspecified atom stereocenters. The molecule has 0 bridgehead atoms. The van der Waals surface area contributed by atoms with Crippen LogP contribution in [0.2, 0.25) is 10.0 Å². The highest BCUT2D eigenvalue weighted by Crippen LogP contribution is 2.32. The quantitative estimate of drug-likeness (QED) is 0.776. The Morgan fingerprint density at radius 3 is 2.67 bits per heavy atom. The van der Waals surface area contributed by atoms with Gasteiger partial charge in [0, 0.05) is 5.02 Å². The second-order valence-corrected chi connectivity index (χ2v) is 5.31. The number of halogens is 2. The van der Waals surface area contributed by atoms with Crippen LogP contribution in [0.25, 0.3) is 0 Å². The fraction of sp³-hybridized carbons (Fsp3) is 0.125. The minimum absolute atomic E-state index is 0.250. The molecular weight excluding hydrogens is 309 g/mol. The lowest BCUT2D eigenvalue weighted by Crippen LogP contribution is -2.01. The van der Waals surface area contributed by atoms with Crippen molar-refractivity contribution in [3.63, 3.8) is 0 Å². The molecule has 5 heteroatoms. The van der Waals surface area contributed by atoms with Crippen molar-refractivity contribution in [2.75, 3.05) is 0 Å². The number of ether oxygens (including phenoxy) is 1. The van der Waals surface area contributed by atoms with E-state index < -0.39 is 0 Å². The number of aldehydes is 1. The standard InChI is InChI=1S/C16H11Cl2NO2/c1-10-4-11(7-19)2-3-12(10)9-21-16-13(8-20)5-14(17)6-15(16)18/h2-6,8H,9H2,1H3. The third kappa shape index (κ3) is 3.55. The third-order valence-electron chi connectivity index (χ3n) is 3.01. The van der Waals surface area contributed by atoms with E-state index in [1.54, 1.807) is 12.1 Å². The Kier molecular flexibility index (Phi) is 4.85. The van der Waals surface area contributed by atoms with Crippen LogP contribution in [0.1, 0.15) is 27.0 Å². The summed E-state index contributed by atoms with van der Waals surface area (Å²) in [6.07, 6.45) is 0.652. The number of hydrogen-bond donors (Lipinski definition) is 0. The molecule has 0 saturated heterocycles. The van der Waals surface area contributed by atoms with Crippen molar-refractivity contribution in [1.29, 1.82) is 5.26 Å². The molecule has 2 aromatic rings. The summed E-state index contributed by atoms with van der Waals surface area (Å²) in [5, 5.41) is 9.51. The van der Waals surface area contributed by atoms with Crippen LogP contribution in [-0.4, -0.2) is 6.29 Å². The van der Waals surface area contributed by atoms with Gasteiger partial charge in [-0.2, -0.15) is 5.26 Å². The molecule has 21 heavy (non-hydrogen) atoms. The first-order valence-electron chi connectivity index (χ1n) is 6.12. The lowest BCUT2D eigenvalue weighted by molar-refractivity contribution is 0.111. The fourth-order valence-corrected chi connectivity index (χ4v) is 2.46. The minimum Gasteiger partial charge on any atom is -0.487 e. The van der Waals surface area contributed by atoms with Gasteiger partial charge >= 0.3 is 0 Å². The monoisotopic (exact) mass is 319 g/mol. The van der Waals surface area contributed by atoms with Gasteiger partial charge in [0.2, 0.25) is 0 Å². The second kappa shape index (κ2) is 6.62. The van der Waals surface area contributed by atoms with E-state index in [0.717, 1.165) is 11.1 Å². The first-order chi connectivity index (χ1) is 10.0. The summed E-state index contributed by atoms with van der Waals surface area (Å²) in [6, 6.07) is 10.4. The normalized spacial score (nSPS) is 10.0. The Bertz CT molecular complexity index is 736. The van der Waals surface area contributed by atoms with Gasteiger partial charge in [0.1, 0.15) is 12.4 Å². The SMILES string of the molecule is Cc1cc(C#N)ccc1COc1c(Cl)cc(Cl)cc1C=O. The molecule has 0 radical (unpaired) electrons. The second-order valence-electron chi connectivity index (χ2n) is 4.47. The summed E-state index contributed by atoms with van der Waals surface area (Å²) in [4.78, 5) is 11.1. The predicted octanol–water partition coefficient (Wildman–Crippen LogP) is 4.57. The van der Waals surface area contributed by atoms with Gasteiger partial charge in [-0.15, -0.1) is 0 Å². The third-order valence-corrected chi connectivity index (χ3v) is 3.51. The van der Waals surface area contributed by atoms with E-state index in [-0.39, 0.29) is 11.6 Å². The van der Waals surface area contributed by atoms with Crippen molar-refractivity contribution in [2.45, 2.75) is 13.5 Å². The van der Waals surface area contributed by atoms with Crippen molar-refractivity contribution >= 4 is 29.5 Å². The molecule has 0 saturated carbocycles. The van der Waals surface area contributed by atoms with Crippen LogP contribution in [0, 0.1) is 18.3 Å². The lowest BCUT2D eigenvalue weighted by atomic mass is 10.1. The molecule has 0 aliphatic heterocycles. The molecule has 0 heterocycles. The maximum Gasteiger partial charge on any atom is 0.153 e. The number of hydrogen-bond acceptors (Lipinski definition) is 3. The Morgan fingerprint density at radius 1 is 1.29 bits per heavy atom. The van der Waals surface area contributed by atoms with E-state index in [1.165, 1.54) is 12.1 Å². The van der Waals surface area contributed by atoms with Crippen LogP contribution in [0.4, 0.5) is 0 Å². The molecule has 2 rings (SSSR count). The van der Waals surface area contributed by atoms with Gasteiger partial charge in [-0.1, -0.05) is 29.3 Å². The molecular formula is C16H11Cl2NO2. The smallest absolute Gasteiger partial charge is 0.153 e. The number of benzene rings is 2. The van der Waals surface area contributed by atoms with E-state index in [9.17, 15) is 4.79 Å². The van der Waals surface area contributed by atoms with E-state index in [1.807, 2.05) is 13.0 Å². The summed E-state index contributed by atoms with van der Waals surface area (Å²) in [5.74, 6) is 0.305. The van der Waals surface area contributed by atoms with Gasteiger partial charge in [-0.05, 0) is 42.3 Å². The van der Waals surface area contributed by atoms with Gasteiger partial charge in [0.05, 0.1) is 22.2 Å². The molecule has 0 spiro atoms. The molecule has 0 fully saturated rings. The summed E-state index contributed by atoms with van der Waals surface area (Å²) in [7, 11) is 0. The topological polar surface area (TPSA) is 50.1 Å². The Balaban J connectivity index is 2.25. The van der Waals surface area contributed by atoms with E-state index in [0.29, 0.717) is 28.2 Å². The largest absolute Gasteiger partial charge is 0.487 e. The molecule has 0 aliphatic rings. The lowest BCUT2D eigenvalue weighted by Gasteiger charge is -2.12. The summed E-state index contributed by atoms with van der Waals surface area (Å²) >= 11 is 11.9. The van der Waals surface area contributed by atoms with Crippen molar-refractivity contribution in [3.05, 3.63) is 62.6 Å². The predicted molar refractivity (Wildman–Crippen MR) is 82.1 cm³/mol. The summed E-state index contributed by atoms with van der Waals surface area (Å²) in [6.45, 7) is 2.14. The average molecular weight is 320 g/mol. The Morgan fingerprint density at radius 2 is 2.05 bits per heavy atom. The number of nitrogens with zero attached hydrogens (tertiary/aromatic N) is 1. The summed E-state index contributed by atoms with van der Waals surface area (Å²) < 4.78 is 5.65. The van der Waals surface area contributed by atoms with Crippen molar-refractivity contribution < 1.29 is 9.53 Å². The highest BCUT2D eigenvalue weighted by molar-refractivity contribution is 6.36. The molecule has 106 valence electrons. The number of rotatable bonds is 4. The zero-order valence-corrected chi connectivity index (χ0v) is 12.7. The van der Waals surface area contributed by atoms with Crippen molar-refractivity contribution in [2.24, 2.45) is 0 Å². The molecule has 0 atom stereocenters. The molecule has 0 amide bonds. The fourth-order valence-electron chi connectivity index (χ4n) is 1.90. The van der Waals surface area contributed by atoms with E-state index in [4.69, 9.17) is 33.2 Å². The molecule has 0 aliphatic carbocycles. The Hall–Kier alpha value is -2.02. The van der Waals surface area contributed by atoms with Gasteiger partial charge in [0.25, 0.3) is 0 Å². The van der Waals surface area contributed by atoms with Crippen LogP contribution in [0.3, 0.4) is 0 Å². The summed E-state index contributed by atoms with van der Waals surface area (Å²) in [5.41, 5.74) is 2.75. The van der Waals surface area contributed by atoms with Crippen molar-refractivity contribution in [3.8, 4) is 11.8 Å². The van der Waals surface area contributed by atoms with Crippen LogP contribution < -0.4 is 4.74 Å². The number of carbonyl (C=O) groups excluding carboxylic acids is 1. The highest BCUT2D eigenvalue weighted by Gasteiger charge is 2.11. The number of aryl methyl sites for hydroxylation is 1. The van der Waals surface area contributed by atoms with E-state index in [2.05, 4.69) is 6.07 Å². The first kappa shape index (κ1) is 15.4. The van der Waals surface area contributed by atoms with Gasteiger partial charge in [-0.25, -0.2) is 0 Å². The maximum absolute atomic E-state index is 11.1. The highest BCUT2D eigenvalue weighted by atomic mass is 35.5. The van der Waals surface area contributed by atoms with Crippen molar-refractivity contribution in [1.82, 2.24) is 0 Å². The zero-order valence-electron chi connectivity index (χ0n) is 11.2. The molecule has 0 N–H and O–H groups in total. The molecule has 0 aromatic heterocycles. The average Bonchev–Trinajstić information content (AvgIpc) is 2.46. The minimum atomic E-state index is 0.250. The Labute approximate surface area is 132 Å². The van der Waals surface area contributed by atoms with Crippen LogP contribution >= 0.6 is 23.2 Å². The van der Waals surface area contributed by atoms with Gasteiger partial charge in [0.15, 0.2) is 6.29 Å². The van der Waals surface area contributed by atoms with Gasteiger partial charge in [-0.3, -0.25) is 4.79 Å². The van der Waals surface area contributed by atoms with E-state index >= 15 is 0 Å². The number of carbonyl (C=O) groups is 1. The van der Waals surface area contributed by atoms with Crippen LogP contribution in [0.5, 0.6) is 5.75 Å². The maximum atomic E-state index is 11.1. The molecule has 2 aromatic carbocycles. The van der Waals surface area contributed by atoms with Crippen LogP contribution in [0.15, 0.2) is 30.3 Å². The van der Waals surface area contributed by atoms with Gasteiger partial charge < -0.3 is 4.74 Å².